The third-order valence-corrected chi connectivity index (χ3v) is 6.61. The molecule has 0 aliphatic carbocycles. The fourth-order valence-corrected chi connectivity index (χ4v) is 4.32. The molecule has 0 amide bonds. The summed E-state index contributed by atoms with van der Waals surface area (Å²) in [4.78, 5) is 0. The molecule has 1 rings (SSSR count). The Kier molecular flexibility index (Phi) is 4.36. The zero-order valence-corrected chi connectivity index (χ0v) is 10.4. The molecular weight excluding hydrogens is 188 g/mol. The average Bonchev–Trinajstić information content (AvgIpc) is 2.27. The summed E-state index contributed by atoms with van der Waals surface area (Å²) in [5, 5.41) is 1.41. The van der Waals surface area contributed by atoms with E-state index in [4.69, 9.17) is 4.43 Å². The van der Waals surface area contributed by atoms with Crippen LogP contribution in [0.25, 0.3) is 0 Å². The molecule has 0 heterocycles. The molecule has 1 atom stereocenters. The van der Waals surface area contributed by atoms with Gasteiger partial charge in [0.25, 0.3) is 0 Å². The molecule has 0 N–H and O–H groups in total. The molecule has 0 radical (unpaired) electrons. The van der Waals surface area contributed by atoms with Crippen molar-refractivity contribution in [2.75, 3.05) is 7.11 Å². The van der Waals surface area contributed by atoms with Gasteiger partial charge in [0.2, 0.25) is 8.32 Å². The summed E-state index contributed by atoms with van der Waals surface area (Å²) in [6.45, 7) is 4.54. The van der Waals surface area contributed by atoms with Crippen LogP contribution in [0.4, 0.5) is 0 Å². The van der Waals surface area contributed by atoms with E-state index in [0.717, 1.165) is 0 Å². The quantitative estimate of drug-likeness (QED) is 0.676. The number of unbranched alkanes of at least 4 members (excludes halogenated alkanes) is 1. The SMILES string of the molecule is CCCC[Si@](C)(OC)c1ccccc1. The average molecular weight is 208 g/mol. The Balaban J connectivity index is 2.79. The Labute approximate surface area is 88.2 Å². The highest BCUT2D eigenvalue weighted by molar-refractivity contribution is 6.85. The molecule has 0 aromatic heterocycles. The van der Waals surface area contributed by atoms with E-state index in [1.807, 2.05) is 7.11 Å². The van der Waals surface area contributed by atoms with Crippen molar-refractivity contribution in [3.05, 3.63) is 30.3 Å². The highest BCUT2D eigenvalue weighted by Crippen LogP contribution is 2.14. The van der Waals surface area contributed by atoms with Gasteiger partial charge in [-0.2, -0.15) is 0 Å². The molecule has 2 heteroatoms. The summed E-state index contributed by atoms with van der Waals surface area (Å²) in [5.74, 6) is 0. The number of rotatable bonds is 5. The van der Waals surface area contributed by atoms with Gasteiger partial charge in [-0.25, -0.2) is 0 Å². The van der Waals surface area contributed by atoms with Gasteiger partial charge in [-0.1, -0.05) is 50.1 Å². The van der Waals surface area contributed by atoms with Gasteiger partial charge >= 0.3 is 0 Å². The predicted octanol–water partition coefficient (Wildman–Crippen LogP) is 2.92. The van der Waals surface area contributed by atoms with E-state index in [1.54, 1.807) is 0 Å². The van der Waals surface area contributed by atoms with Gasteiger partial charge in [0.05, 0.1) is 0 Å². The molecule has 1 nitrogen and oxygen atoms in total. The molecule has 0 saturated carbocycles. The summed E-state index contributed by atoms with van der Waals surface area (Å²) in [6.07, 6.45) is 2.52. The molecule has 1 aromatic rings. The van der Waals surface area contributed by atoms with Crippen molar-refractivity contribution < 1.29 is 4.43 Å². The third kappa shape index (κ3) is 2.69. The Morgan fingerprint density at radius 2 is 1.86 bits per heavy atom. The summed E-state index contributed by atoms with van der Waals surface area (Å²) >= 11 is 0. The largest absolute Gasteiger partial charge is 0.416 e. The van der Waals surface area contributed by atoms with E-state index < -0.39 is 8.32 Å². The second-order valence-electron chi connectivity index (χ2n) is 3.90. The maximum atomic E-state index is 5.76. The molecule has 0 aliphatic rings. The Morgan fingerprint density at radius 3 is 2.36 bits per heavy atom. The summed E-state index contributed by atoms with van der Waals surface area (Å²) in [5.41, 5.74) is 0. The van der Waals surface area contributed by atoms with Gasteiger partial charge < -0.3 is 4.43 Å². The molecular formula is C12H20OSi. The van der Waals surface area contributed by atoms with Gasteiger partial charge in [0.1, 0.15) is 0 Å². The monoisotopic (exact) mass is 208 g/mol. The molecule has 1 aromatic carbocycles. The first-order chi connectivity index (χ1) is 6.73. The van der Waals surface area contributed by atoms with E-state index in [2.05, 4.69) is 43.8 Å². The first-order valence-corrected chi connectivity index (χ1v) is 7.95. The first-order valence-electron chi connectivity index (χ1n) is 5.33. The van der Waals surface area contributed by atoms with E-state index in [1.165, 1.54) is 24.1 Å². The second kappa shape index (κ2) is 5.32. The van der Waals surface area contributed by atoms with E-state index in [-0.39, 0.29) is 0 Å². The smallest absolute Gasteiger partial charge is 0.220 e. The Morgan fingerprint density at radius 1 is 1.21 bits per heavy atom. The van der Waals surface area contributed by atoms with Crippen molar-refractivity contribution in [2.45, 2.75) is 32.4 Å². The zero-order chi connectivity index (χ0) is 10.4. The lowest BCUT2D eigenvalue weighted by atomic mass is 10.4. The van der Waals surface area contributed by atoms with Crippen molar-refractivity contribution in [3.8, 4) is 0 Å². The number of hydrogen-bond acceptors (Lipinski definition) is 1. The predicted molar refractivity (Wildman–Crippen MR) is 64.4 cm³/mol. The van der Waals surface area contributed by atoms with Crippen LogP contribution < -0.4 is 5.19 Å². The summed E-state index contributed by atoms with van der Waals surface area (Å²) in [7, 11) is 0.236. The highest BCUT2D eigenvalue weighted by Gasteiger charge is 2.28. The molecule has 14 heavy (non-hydrogen) atoms. The highest BCUT2D eigenvalue weighted by atomic mass is 28.4. The number of hydrogen-bond donors (Lipinski definition) is 0. The molecule has 0 saturated heterocycles. The molecule has 0 unspecified atom stereocenters. The minimum atomic E-state index is -1.62. The maximum Gasteiger partial charge on any atom is 0.220 e. The summed E-state index contributed by atoms with van der Waals surface area (Å²) in [6, 6.07) is 11.9. The van der Waals surface area contributed by atoms with Crippen molar-refractivity contribution >= 4 is 13.5 Å². The van der Waals surface area contributed by atoms with Gasteiger partial charge in [-0.3, -0.25) is 0 Å². The number of benzene rings is 1. The lowest BCUT2D eigenvalue weighted by Crippen LogP contribution is -2.46. The van der Waals surface area contributed by atoms with Crippen molar-refractivity contribution in [1.29, 1.82) is 0 Å². The molecule has 0 spiro atoms. The van der Waals surface area contributed by atoms with Crippen LogP contribution in [0.2, 0.25) is 12.6 Å². The fourth-order valence-electron chi connectivity index (χ4n) is 1.67. The lowest BCUT2D eigenvalue weighted by molar-refractivity contribution is 0.407. The maximum absolute atomic E-state index is 5.76. The zero-order valence-electron chi connectivity index (χ0n) is 9.42. The normalized spacial score (nSPS) is 15.1. The standard InChI is InChI=1S/C12H20OSi/c1-4-5-11-14(3,13-2)12-9-7-6-8-10-12/h6-10H,4-5,11H2,1-3H3/t14-/m0/s1. The van der Waals surface area contributed by atoms with Crippen LogP contribution in [0.15, 0.2) is 30.3 Å². The molecule has 0 fully saturated rings. The molecule has 0 aliphatic heterocycles. The topological polar surface area (TPSA) is 9.23 Å². The van der Waals surface area contributed by atoms with E-state index in [9.17, 15) is 0 Å². The van der Waals surface area contributed by atoms with Crippen LogP contribution in [0.3, 0.4) is 0 Å². The van der Waals surface area contributed by atoms with Crippen LogP contribution in [-0.4, -0.2) is 15.4 Å². The molecule has 0 bridgehead atoms. The molecule has 78 valence electrons. The Bertz CT molecular complexity index is 260. The lowest BCUT2D eigenvalue weighted by Gasteiger charge is -2.25. The van der Waals surface area contributed by atoms with E-state index in [0.29, 0.717) is 0 Å². The van der Waals surface area contributed by atoms with Crippen molar-refractivity contribution in [1.82, 2.24) is 0 Å². The van der Waals surface area contributed by atoms with Gasteiger partial charge in [0, 0.05) is 7.11 Å². The van der Waals surface area contributed by atoms with Crippen LogP contribution >= 0.6 is 0 Å². The fraction of sp³-hybridized carbons (Fsp3) is 0.500. The van der Waals surface area contributed by atoms with Crippen LogP contribution in [0, 0.1) is 0 Å². The van der Waals surface area contributed by atoms with Crippen LogP contribution in [0.5, 0.6) is 0 Å². The summed E-state index contributed by atoms with van der Waals surface area (Å²) < 4.78 is 5.76. The van der Waals surface area contributed by atoms with Gasteiger partial charge in [-0.15, -0.1) is 0 Å². The van der Waals surface area contributed by atoms with Gasteiger partial charge in [-0.05, 0) is 17.8 Å². The second-order valence-corrected chi connectivity index (χ2v) is 7.85. The van der Waals surface area contributed by atoms with Gasteiger partial charge in [0.15, 0.2) is 0 Å². The minimum Gasteiger partial charge on any atom is -0.416 e. The van der Waals surface area contributed by atoms with Crippen LogP contribution in [-0.2, 0) is 4.43 Å². The van der Waals surface area contributed by atoms with Crippen molar-refractivity contribution in [3.63, 3.8) is 0 Å². The third-order valence-electron chi connectivity index (χ3n) is 2.84. The van der Waals surface area contributed by atoms with E-state index >= 15 is 0 Å². The van der Waals surface area contributed by atoms with Crippen molar-refractivity contribution in [2.24, 2.45) is 0 Å². The first kappa shape index (κ1) is 11.5. The Hall–Kier alpha value is -0.603. The minimum absolute atomic E-state index is 1.23. The van der Waals surface area contributed by atoms with Crippen LogP contribution in [0.1, 0.15) is 19.8 Å².